The van der Waals surface area contributed by atoms with E-state index >= 15 is 0 Å². The third kappa shape index (κ3) is 5.65. The monoisotopic (exact) mass is 284 g/mol. The van der Waals surface area contributed by atoms with Crippen LogP contribution in [0.3, 0.4) is 0 Å². The van der Waals surface area contributed by atoms with Gasteiger partial charge in [0.2, 0.25) is 5.91 Å². The van der Waals surface area contributed by atoms with Crippen LogP contribution >= 0.6 is 0 Å². The van der Waals surface area contributed by atoms with Gasteiger partial charge in [0.05, 0.1) is 5.69 Å². The molecule has 0 saturated heterocycles. The average Bonchev–Trinajstić information content (AvgIpc) is 2.40. The van der Waals surface area contributed by atoms with E-state index in [4.69, 9.17) is 5.73 Å². The van der Waals surface area contributed by atoms with Crippen LogP contribution in [0.2, 0.25) is 0 Å². The maximum atomic E-state index is 13.4. The number of nitrogens with one attached hydrogen (secondary N) is 1. The summed E-state index contributed by atoms with van der Waals surface area (Å²) in [5.41, 5.74) is 5.55. The van der Waals surface area contributed by atoms with E-state index in [-0.39, 0.29) is 11.6 Å². The Morgan fingerprint density at radius 1 is 1.30 bits per heavy atom. The lowest BCUT2D eigenvalue weighted by Crippen LogP contribution is -2.16. The van der Waals surface area contributed by atoms with Gasteiger partial charge in [0.25, 0.3) is 0 Å². The third-order valence-corrected chi connectivity index (χ3v) is 3.26. The van der Waals surface area contributed by atoms with E-state index in [2.05, 4.69) is 12.2 Å². The summed E-state index contributed by atoms with van der Waals surface area (Å²) in [4.78, 5) is 11.8. The van der Waals surface area contributed by atoms with E-state index in [1.807, 2.05) is 0 Å². The van der Waals surface area contributed by atoms with Crippen LogP contribution in [0.15, 0.2) is 18.2 Å². The van der Waals surface area contributed by atoms with Crippen molar-refractivity contribution in [3.8, 4) is 0 Å². The second-order valence-corrected chi connectivity index (χ2v) is 4.94. The van der Waals surface area contributed by atoms with E-state index < -0.39 is 11.6 Å². The van der Waals surface area contributed by atoms with Crippen molar-refractivity contribution < 1.29 is 13.6 Å². The predicted molar refractivity (Wildman–Crippen MR) is 76.3 cm³/mol. The summed E-state index contributed by atoms with van der Waals surface area (Å²) in [6.45, 7) is 2.70. The Balaban J connectivity index is 2.46. The molecule has 0 heterocycles. The fraction of sp³-hybridized carbons (Fsp3) is 0.533. The molecular formula is C15H22F2N2O. The highest BCUT2D eigenvalue weighted by molar-refractivity contribution is 5.90. The van der Waals surface area contributed by atoms with Gasteiger partial charge in [0, 0.05) is 12.5 Å². The summed E-state index contributed by atoms with van der Waals surface area (Å²) in [5, 5.41) is 2.47. The predicted octanol–water partition coefficient (Wildman–Crippen LogP) is 3.45. The van der Waals surface area contributed by atoms with Crippen molar-refractivity contribution in [2.45, 2.75) is 39.0 Å². The van der Waals surface area contributed by atoms with E-state index in [1.54, 1.807) is 0 Å². The number of carbonyl (C=O) groups is 1. The number of halogens is 2. The van der Waals surface area contributed by atoms with E-state index in [9.17, 15) is 13.6 Å². The summed E-state index contributed by atoms with van der Waals surface area (Å²) < 4.78 is 26.1. The first-order valence-electron chi connectivity index (χ1n) is 7.01. The molecule has 1 aromatic rings. The Hall–Kier alpha value is -1.49. The molecular weight excluding hydrogens is 262 g/mol. The molecule has 112 valence electrons. The minimum Gasteiger partial charge on any atom is -0.330 e. The number of nitrogens with two attached hydrogens (primary N) is 1. The first-order valence-corrected chi connectivity index (χ1v) is 7.01. The molecule has 0 saturated carbocycles. The zero-order chi connectivity index (χ0) is 15.0. The summed E-state index contributed by atoms with van der Waals surface area (Å²) in [6.07, 6.45) is 4.04. The molecule has 0 aromatic heterocycles. The van der Waals surface area contributed by atoms with Crippen molar-refractivity contribution in [3.63, 3.8) is 0 Å². The maximum Gasteiger partial charge on any atom is 0.224 e. The molecule has 3 N–H and O–H groups in total. The second kappa shape index (κ2) is 8.64. The highest BCUT2D eigenvalue weighted by Gasteiger charge is 2.12. The highest BCUT2D eigenvalue weighted by atomic mass is 19.1. The number of amides is 1. The van der Waals surface area contributed by atoms with Gasteiger partial charge >= 0.3 is 0 Å². The smallest absolute Gasteiger partial charge is 0.224 e. The quantitative estimate of drug-likeness (QED) is 0.768. The molecule has 0 radical (unpaired) electrons. The maximum absolute atomic E-state index is 13.4. The van der Waals surface area contributed by atoms with Gasteiger partial charge in [-0.1, -0.05) is 19.8 Å². The number of hydrogen-bond donors (Lipinski definition) is 2. The number of anilines is 1. The minimum absolute atomic E-state index is 0.0160. The fourth-order valence-corrected chi connectivity index (χ4v) is 2.22. The van der Waals surface area contributed by atoms with Gasteiger partial charge in [-0.05, 0) is 37.4 Å². The Labute approximate surface area is 118 Å². The lowest BCUT2D eigenvalue weighted by molar-refractivity contribution is -0.116. The molecule has 20 heavy (non-hydrogen) atoms. The summed E-state index contributed by atoms with van der Waals surface area (Å²) in [6, 6.07) is 3.10. The molecule has 0 aliphatic heterocycles. The summed E-state index contributed by atoms with van der Waals surface area (Å²) in [7, 11) is 0. The Morgan fingerprint density at radius 2 is 2.05 bits per heavy atom. The van der Waals surface area contributed by atoms with Gasteiger partial charge in [-0.3, -0.25) is 4.79 Å². The number of benzene rings is 1. The van der Waals surface area contributed by atoms with Crippen molar-refractivity contribution >= 4 is 11.6 Å². The van der Waals surface area contributed by atoms with Gasteiger partial charge in [-0.2, -0.15) is 0 Å². The van der Waals surface area contributed by atoms with Crippen molar-refractivity contribution in [3.05, 3.63) is 29.8 Å². The minimum atomic E-state index is -0.759. The van der Waals surface area contributed by atoms with Crippen molar-refractivity contribution in [1.82, 2.24) is 0 Å². The summed E-state index contributed by atoms with van der Waals surface area (Å²) >= 11 is 0. The molecule has 3 nitrogen and oxygen atoms in total. The van der Waals surface area contributed by atoms with Crippen LogP contribution in [0.1, 0.15) is 39.0 Å². The molecule has 1 rings (SSSR count). The average molecular weight is 284 g/mol. The van der Waals surface area contributed by atoms with Gasteiger partial charge in [-0.25, -0.2) is 8.78 Å². The molecule has 0 bridgehead atoms. The van der Waals surface area contributed by atoms with Gasteiger partial charge in [0.1, 0.15) is 11.6 Å². The largest absolute Gasteiger partial charge is 0.330 e. The fourth-order valence-electron chi connectivity index (χ4n) is 2.22. The van der Waals surface area contributed by atoms with Gasteiger partial charge in [-0.15, -0.1) is 0 Å². The molecule has 0 aliphatic carbocycles. The van der Waals surface area contributed by atoms with Crippen molar-refractivity contribution in [2.75, 3.05) is 11.9 Å². The second-order valence-electron chi connectivity index (χ2n) is 4.94. The summed E-state index contributed by atoms with van der Waals surface area (Å²) in [5.74, 6) is -1.25. The van der Waals surface area contributed by atoms with Crippen LogP contribution in [-0.4, -0.2) is 12.5 Å². The first kappa shape index (κ1) is 16.6. The molecule has 1 aromatic carbocycles. The van der Waals surface area contributed by atoms with Crippen LogP contribution < -0.4 is 11.1 Å². The van der Waals surface area contributed by atoms with Gasteiger partial charge < -0.3 is 11.1 Å². The number of hydrogen-bond acceptors (Lipinski definition) is 2. The van der Waals surface area contributed by atoms with E-state index in [0.29, 0.717) is 18.9 Å². The Morgan fingerprint density at radius 3 is 2.65 bits per heavy atom. The highest BCUT2D eigenvalue weighted by Crippen LogP contribution is 2.19. The van der Waals surface area contributed by atoms with E-state index in [1.165, 1.54) is 6.07 Å². The SMILES string of the molecule is CCCC(CCN)CCC(=O)Nc1ccc(F)cc1F. The van der Waals surface area contributed by atoms with Crippen LogP contribution in [0.25, 0.3) is 0 Å². The van der Waals surface area contributed by atoms with Crippen LogP contribution in [-0.2, 0) is 4.79 Å². The molecule has 0 fully saturated rings. The van der Waals surface area contributed by atoms with Gasteiger partial charge in [0.15, 0.2) is 0 Å². The zero-order valence-corrected chi connectivity index (χ0v) is 11.8. The molecule has 1 atom stereocenters. The normalized spacial score (nSPS) is 12.2. The molecule has 1 amide bonds. The lowest BCUT2D eigenvalue weighted by atomic mass is 9.94. The standard InChI is InChI=1S/C15H22F2N2O/c1-2-3-11(8-9-18)4-7-15(20)19-14-6-5-12(16)10-13(14)17/h5-6,10-11H,2-4,7-9,18H2,1H3,(H,19,20). The molecule has 0 aliphatic rings. The van der Waals surface area contributed by atoms with E-state index in [0.717, 1.165) is 37.8 Å². The van der Waals surface area contributed by atoms with Crippen LogP contribution in [0.4, 0.5) is 14.5 Å². The number of carbonyl (C=O) groups excluding carboxylic acids is 1. The molecule has 1 unspecified atom stereocenters. The Bertz CT molecular complexity index is 432. The third-order valence-electron chi connectivity index (χ3n) is 3.26. The molecule has 0 spiro atoms. The topological polar surface area (TPSA) is 55.1 Å². The van der Waals surface area contributed by atoms with Crippen molar-refractivity contribution in [1.29, 1.82) is 0 Å². The Kier molecular flexibility index (Phi) is 7.15. The molecule has 5 heteroatoms. The van der Waals surface area contributed by atoms with Crippen LogP contribution in [0.5, 0.6) is 0 Å². The first-order chi connectivity index (χ1) is 9.56. The lowest BCUT2D eigenvalue weighted by Gasteiger charge is -2.14. The van der Waals surface area contributed by atoms with Crippen molar-refractivity contribution in [2.24, 2.45) is 11.7 Å². The zero-order valence-electron chi connectivity index (χ0n) is 11.8. The number of rotatable bonds is 8. The van der Waals surface area contributed by atoms with Crippen LogP contribution in [0, 0.1) is 17.6 Å².